The van der Waals surface area contributed by atoms with Crippen LogP contribution >= 0.6 is 23.8 Å². The number of halogens is 1. The van der Waals surface area contributed by atoms with E-state index < -0.39 is 11.8 Å². The van der Waals surface area contributed by atoms with Crippen LogP contribution in [0.4, 0.5) is 0 Å². The molecule has 0 aliphatic carbocycles. The number of hydrazine groups is 1. The van der Waals surface area contributed by atoms with Gasteiger partial charge in [0.05, 0.1) is 0 Å². The molecule has 2 aromatic rings. The number of hydrogen-bond donors (Lipinski definition) is 3. The number of rotatable bonds is 3. The highest BCUT2D eigenvalue weighted by Crippen LogP contribution is 2.08. The number of thiocarbonyl (C=S) groups is 1. The van der Waals surface area contributed by atoms with E-state index in [4.69, 9.17) is 23.8 Å². The topological polar surface area (TPSA) is 70.2 Å². The predicted molar refractivity (Wildman–Crippen MR) is 98.3 cm³/mol. The van der Waals surface area contributed by atoms with Gasteiger partial charge in [-0.1, -0.05) is 41.9 Å². The van der Waals surface area contributed by atoms with Crippen LogP contribution in [0.1, 0.15) is 15.9 Å². The summed E-state index contributed by atoms with van der Waals surface area (Å²) < 4.78 is 0. The molecule has 5 nitrogen and oxygen atoms in total. The lowest BCUT2D eigenvalue weighted by Gasteiger charge is -2.09. The number of amides is 2. The Bertz CT molecular complexity index is 761. The molecule has 2 aromatic carbocycles. The average Bonchev–Trinajstić information content (AvgIpc) is 2.59. The smallest absolute Gasteiger partial charge is 0.269 e. The van der Waals surface area contributed by atoms with Gasteiger partial charge in [0.15, 0.2) is 5.11 Å². The van der Waals surface area contributed by atoms with Gasteiger partial charge in [-0.2, -0.15) is 0 Å². The molecule has 7 heteroatoms. The van der Waals surface area contributed by atoms with Crippen LogP contribution in [0.2, 0.25) is 5.02 Å². The molecule has 0 saturated carbocycles. The van der Waals surface area contributed by atoms with E-state index in [-0.39, 0.29) is 5.11 Å². The van der Waals surface area contributed by atoms with Crippen molar-refractivity contribution in [1.29, 1.82) is 0 Å². The van der Waals surface area contributed by atoms with Crippen molar-refractivity contribution in [2.45, 2.75) is 0 Å². The van der Waals surface area contributed by atoms with Gasteiger partial charge in [-0.15, -0.1) is 0 Å². The van der Waals surface area contributed by atoms with E-state index >= 15 is 0 Å². The van der Waals surface area contributed by atoms with Crippen LogP contribution in [0.5, 0.6) is 0 Å². The van der Waals surface area contributed by atoms with Crippen molar-refractivity contribution in [3.8, 4) is 0 Å². The van der Waals surface area contributed by atoms with E-state index in [1.165, 1.54) is 6.08 Å². The highest BCUT2D eigenvalue weighted by molar-refractivity contribution is 7.80. The predicted octanol–water partition coefficient (Wildman–Crippen LogP) is 2.69. The van der Waals surface area contributed by atoms with Gasteiger partial charge in [0.2, 0.25) is 5.91 Å². The Hall–Kier alpha value is -2.70. The molecule has 2 rings (SSSR count). The maximum absolute atomic E-state index is 11.9. The van der Waals surface area contributed by atoms with Crippen LogP contribution in [0.3, 0.4) is 0 Å². The number of benzene rings is 2. The van der Waals surface area contributed by atoms with Gasteiger partial charge in [-0.25, -0.2) is 0 Å². The third-order valence-corrected chi connectivity index (χ3v) is 3.32. The Morgan fingerprint density at radius 2 is 1.62 bits per heavy atom. The standard InChI is InChI=1S/C17H14ClN3O2S/c18-14-9-7-13(8-10-14)16(23)20-21-17(24)19-15(22)11-6-12-4-2-1-3-5-12/h1-11H,(H,20,23)(H2,19,21,22,24). The van der Waals surface area contributed by atoms with Crippen molar-refractivity contribution < 1.29 is 9.59 Å². The monoisotopic (exact) mass is 359 g/mol. The van der Waals surface area contributed by atoms with Gasteiger partial charge in [0.25, 0.3) is 5.91 Å². The lowest BCUT2D eigenvalue weighted by Crippen LogP contribution is -2.48. The first-order valence-electron chi connectivity index (χ1n) is 6.94. The quantitative estimate of drug-likeness (QED) is 0.447. The largest absolute Gasteiger partial charge is 0.298 e. The molecule has 122 valence electrons. The minimum absolute atomic E-state index is 0.0139. The minimum Gasteiger partial charge on any atom is -0.298 e. The Labute approximate surface area is 149 Å². The molecule has 0 saturated heterocycles. The summed E-state index contributed by atoms with van der Waals surface area (Å²) in [6.45, 7) is 0. The van der Waals surface area contributed by atoms with E-state index in [2.05, 4.69) is 16.2 Å². The molecule has 0 atom stereocenters. The Morgan fingerprint density at radius 3 is 2.29 bits per heavy atom. The van der Waals surface area contributed by atoms with Crippen molar-refractivity contribution >= 4 is 46.8 Å². The van der Waals surface area contributed by atoms with Crippen molar-refractivity contribution in [2.75, 3.05) is 0 Å². The Balaban J connectivity index is 1.78. The fourth-order valence-electron chi connectivity index (χ4n) is 1.71. The van der Waals surface area contributed by atoms with Crippen molar-refractivity contribution in [3.63, 3.8) is 0 Å². The van der Waals surface area contributed by atoms with Crippen LogP contribution < -0.4 is 16.2 Å². The van der Waals surface area contributed by atoms with E-state index in [1.807, 2.05) is 30.3 Å². The van der Waals surface area contributed by atoms with Crippen molar-refractivity contribution in [1.82, 2.24) is 16.2 Å². The molecule has 0 bridgehead atoms. The van der Waals surface area contributed by atoms with E-state index in [1.54, 1.807) is 30.3 Å². The normalized spacial score (nSPS) is 10.2. The molecule has 0 aliphatic heterocycles. The molecule has 0 unspecified atom stereocenters. The second-order valence-electron chi connectivity index (χ2n) is 4.65. The molecule has 0 aliphatic rings. The molecule has 2 amide bonds. The van der Waals surface area contributed by atoms with Crippen LogP contribution in [0.25, 0.3) is 6.08 Å². The summed E-state index contributed by atoms with van der Waals surface area (Å²) in [5, 5.41) is 2.95. The molecule has 0 spiro atoms. The van der Waals surface area contributed by atoms with Crippen molar-refractivity contribution in [2.24, 2.45) is 0 Å². The third kappa shape index (κ3) is 5.83. The summed E-state index contributed by atoms with van der Waals surface area (Å²) >= 11 is 10.7. The maximum atomic E-state index is 11.9. The first-order valence-corrected chi connectivity index (χ1v) is 7.73. The van der Waals surface area contributed by atoms with Gasteiger partial charge < -0.3 is 0 Å². The van der Waals surface area contributed by atoms with E-state index in [9.17, 15) is 9.59 Å². The zero-order valence-electron chi connectivity index (χ0n) is 12.5. The molecule has 0 radical (unpaired) electrons. The van der Waals surface area contributed by atoms with Gasteiger partial charge in [-0.05, 0) is 48.1 Å². The lowest BCUT2D eigenvalue weighted by atomic mass is 10.2. The highest BCUT2D eigenvalue weighted by atomic mass is 35.5. The zero-order valence-corrected chi connectivity index (χ0v) is 14.0. The molecular formula is C17H14ClN3O2S. The second-order valence-corrected chi connectivity index (χ2v) is 5.49. The van der Waals surface area contributed by atoms with Gasteiger partial charge in [-0.3, -0.25) is 25.8 Å². The summed E-state index contributed by atoms with van der Waals surface area (Å²) in [6.07, 6.45) is 3.01. The summed E-state index contributed by atoms with van der Waals surface area (Å²) in [5.74, 6) is -0.805. The first kappa shape index (κ1) is 17.7. The maximum Gasteiger partial charge on any atom is 0.269 e. The van der Waals surface area contributed by atoms with Gasteiger partial charge in [0, 0.05) is 16.7 Å². The summed E-state index contributed by atoms with van der Waals surface area (Å²) in [6, 6.07) is 15.7. The Kier molecular flexibility index (Phi) is 6.48. The van der Waals surface area contributed by atoms with Crippen LogP contribution in [0, 0.1) is 0 Å². The molecular weight excluding hydrogens is 346 g/mol. The molecule has 3 N–H and O–H groups in total. The van der Waals surface area contributed by atoms with Gasteiger partial charge >= 0.3 is 0 Å². The summed E-state index contributed by atoms with van der Waals surface area (Å²) in [7, 11) is 0. The molecule has 24 heavy (non-hydrogen) atoms. The number of hydrogen-bond acceptors (Lipinski definition) is 3. The molecule has 0 aromatic heterocycles. The molecule has 0 heterocycles. The Morgan fingerprint density at radius 1 is 0.958 bits per heavy atom. The van der Waals surface area contributed by atoms with Crippen molar-refractivity contribution in [3.05, 3.63) is 76.8 Å². The zero-order chi connectivity index (χ0) is 17.4. The fourth-order valence-corrected chi connectivity index (χ4v) is 1.99. The number of carbonyl (C=O) groups excluding carboxylic acids is 2. The van der Waals surface area contributed by atoms with Crippen LogP contribution in [-0.4, -0.2) is 16.9 Å². The third-order valence-electron chi connectivity index (χ3n) is 2.86. The average molecular weight is 360 g/mol. The first-order chi connectivity index (χ1) is 11.5. The van der Waals surface area contributed by atoms with Crippen LogP contribution in [-0.2, 0) is 4.79 Å². The highest BCUT2D eigenvalue weighted by Gasteiger charge is 2.06. The molecule has 0 fully saturated rings. The van der Waals surface area contributed by atoms with E-state index in [0.29, 0.717) is 10.6 Å². The second kappa shape index (κ2) is 8.81. The van der Waals surface area contributed by atoms with Gasteiger partial charge in [0.1, 0.15) is 0 Å². The summed E-state index contributed by atoms with van der Waals surface area (Å²) in [5.41, 5.74) is 6.14. The number of nitrogens with one attached hydrogen (secondary N) is 3. The van der Waals surface area contributed by atoms with Crippen LogP contribution in [0.15, 0.2) is 60.7 Å². The SMILES string of the molecule is O=C(C=Cc1ccccc1)NC(=S)NNC(=O)c1ccc(Cl)cc1. The summed E-state index contributed by atoms with van der Waals surface area (Å²) in [4.78, 5) is 23.6. The van der Waals surface area contributed by atoms with E-state index in [0.717, 1.165) is 5.56 Å². The fraction of sp³-hybridized carbons (Fsp3) is 0. The lowest BCUT2D eigenvalue weighted by molar-refractivity contribution is -0.115. The minimum atomic E-state index is -0.405. The number of carbonyl (C=O) groups is 2.